The molecule has 3 aromatic heterocycles. The van der Waals surface area contributed by atoms with Crippen molar-refractivity contribution in [1.29, 1.82) is 0 Å². The molecule has 3 heterocycles. The number of hydrogen-bond donors (Lipinski definition) is 1. The van der Waals surface area contributed by atoms with Crippen LogP contribution >= 0.6 is 0 Å². The SMILES string of the molecule is COC(=O)[C@H]1CCC[C@H](Oc2ccc(-c3nnn(C)c3CNc3nnn(C(c4ccccc4)(c4ccccc4)c4ccccc4)n3)nc2C)C1. The number of aryl methyl sites for hydroxylation is 2. The van der Waals surface area contributed by atoms with Gasteiger partial charge in [-0.15, -0.1) is 15.0 Å². The maximum atomic E-state index is 12.1. The zero-order valence-electron chi connectivity index (χ0n) is 28.3. The Morgan fingerprint density at radius 1 is 0.860 bits per heavy atom. The molecule has 6 aromatic rings. The van der Waals surface area contributed by atoms with Crippen LogP contribution in [0.3, 0.4) is 0 Å². The molecule has 50 heavy (non-hydrogen) atoms. The third kappa shape index (κ3) is 6.31. The highest BCUT2D eigenvalue weighted by molar-refractivity contribution is 5.72. The molecule has 12 heteroatoms. The lowest BCUT2D eigenvalue weighted by Gasteiger charge is -2.34. The summed E-state index contributed by atoms with van der Waals surface area (Å²) in [6.07, 6.45) is 3.19. The summed E-state index contributed by atoms with van der Waals surface area (Å²) in [5.74, 6) is 0.735. The van der Waals surface area contributed by atoms with E-state index in [1.165, 1.54) is 7.11 Å². The van der Waals surface area contributed by atoms with Gasteiger partial charge in [-0.1, -0.05) is 101 Å². The first-order valence-electron chi connectivity index (χ1n) is 16.8. The smallest absolute Gasteiger partial charge is 0.308 e. The molecule has 1 aliphatic rings. The summed E-state index contributed by atoms with van der Waals surface area (Å²) in [4.78, 5) is 18.6. The number of methoxy groups -OCH3 is 1. The number of benzene rings is 3. The van der Waals surface area contributed by atoms with Gasteiger partial charge < -0.3 is 14.8 Å². The number of rotatable bonds is 11. The number of carbonyl (C=O) groups is 1. The van der Waals surface area contributed by atoms with Crippen LogP contribution in [0.4, 0.5) is 5.95 Å². The Kier molecular flexibility index (Phi) is 9.32. The Hall–Kier alpha value is -5.91. The molecular weight excluding hydrogens is 630 g/mol. The molecule has 0 amide bonds. The number of pyridine rings is 1. The molecule has 0 radical (unpaired) electrons. The van der Waals surface area contributed by atoms with Crippen LogP contribution < -0.4 is 10.1 Å². The lowest BCUT2D eigenvalue weighted by Crippen LogP contribution is -2.39. The Morgan fingerprint density at radius 2 is 1.50 bits per heavy atom. The van der Waals surface area contributed by atoms with Crippen molar-refractivity contribution in [2.75, 3.05) is 12.4 Å². The van der Waals surface area contributed by atoms with Gasteiger partial charge >= 0.3 is 5.97 Å². The van der Waals surface area contributed by atoms with Crippen LogP contribution in [0.25, 0.3) is 11.4 Å². The normalized spacial score (nSPS) is 16.1. The van der Waals surface area contributed by atoms with Crippen molar-refractivity contribution in [1.82, 2.24) is 40.2 Å². The second-order valence-corrected chi connectivity index (χ2v) is 12.5. The fourth-order valence-corrected chi connectivity index (χ4v) is 6.87. The Bertz CT molecular complexity index is 1950. The molecule has 0 unspecified atom stereocenters. The van der Waals surface area contributed by atoms with Crippen molar-refractivity contribution in [3.05, 3.63) is 131 Å². The second kappa shape index (κ2) is 14.3. The summed E-state index contributed by atoms with van der Waals surface area (Å²) in [7, 11) is 3.28. The van der Waals surface area contributed by atoms with Crippen molar-refractivity contribution in [2.24, 2.45) is 13.0 Å². The summed E-state index contributed by atoms with van der Waals surface area (Å²) in [5, 5.41) is 26.1. The topological polar surface area (TPSA) is 135 Å². The maximum Gasteiger partial charge on any atom is 0.308 e. The zero-order valence-corrected chi connectivity index (χ0v) is 28.3. The first-order valence-corrected chi connectivity index (χ1v) is 16.8. The van der Waals surface area contributed by atoms with Gasteiger partial charge in [0, 0.05) is 7.05 Å². The fourth-order valence-electron chi connectivity index (χ4n) is 6.87. The van der Waals surface area contributed by atoms with Gasteiger partial charge in [-0.2, -0.15) is 0 Å². The molecule has 0 bridgehead atoms. The monoisotopic (exact) mass is 669 g/mol. The number of hydrogen-bond acceptors (Lipinski definition) is 10. The molecular formula is C38H39N9O3. The summed E-state index contributed by atoms with van der Waals surface area (Å²) in [6.45, 7) is 2.24. The van der Waals surface area contributed by atoms with Crippen molar-refractivity contribution in [2.45, 2.75) is 50.8 Å². The number of carbonyl (C=O) groups excluding carboxylic acids is 1. The third-order valence-corrected chi connectivity index (χ3v) is 9.38. The Labute approximate surface area is 290 Å². The minimum atomic E-state index is -0.876. The predicted molar refractivity (Wildman–Crippen MR) is 187 cm³/mol. The lowest BCUT2D eigenvalue weighted by molar-refractivity contribution is -0.147. The summed E-state index contributed by atoms with van der Waals surface area (Å²) in [5.41, 5.74) is 4.96. The molecule has 0 aliphatic heterocycles. The van der Waals surface area contributed by atoms with E-state index in [9.17, 15) is 4.79 Å². The molecule has 1 N–H and O–H groups in total. The molecule has 7 rings (SSSR count). The number of tetrazole rings is 1. The van der Waals surface area contributed by atoms with E-state index in [1.807, 2.05) is 80.7 Å². The fraction of sp³-hybridized carbons (Fsp3) is 0.289. The highest BCUT2D eigenvalue weighted by Gasteiger charge is 2.41. The highest BCUT2D eigenvalue weighted by atomic mass is 16.5. The largest absolute Gasteiger partial charge is 0.489 e. The average molecular weight is 670 g/mol. The van der Waals surface area contributed by atoms with Crippen LogP contribution in [0.1, 0.15) is 53.8 Å². The number of esters is 1. The minimum Gasteiger partial charge on any atom is -0.489 e. The molecule has 12 nitrogen and oxygen atoms in total. The Morgan fingerprint density at radius 3 is 2.10 bits per heavy atom. The van der Waals surface area contributed by atoms with Crippen LogP contribution in [0, 0.1) is 12.8 Å². The summed E-state index contributed by atoms with van der Waals surface area (Å²) < 4.78 is 13.0. The highest BCUT2D eigenvalue weighted by Crippen LogP contribution is 2.40. The zero-order chi connectivity index (χ0) is 34.5. The van der Waals surface area contributed by atoms with Crippen LogP contribution in [-0.4, -0.2) is 59.4 Å². The number of nitrogens with zero attached hydrogens (tertiary/aromatic N) is 8. The van der Waals surface area contributed by atoms with Gasteiger partial charge in [-0.25, -0.2) is 9.67 Å². The van der Waals surface area contributed by atoms with E-state index in [4.69, 9.17) is 19.6 Å². The van der Waals surface area contributed by atoms with E-state index in [0.29, 0.717) is 36.1 Å². The third-order valence-electron chi connectivity index (χ3n) is 9.38. The van der Waals surface area contributed by atoms with Crippen molar-refractivity contribution in [3.63, 3.8) is 0 Å². The molecule has 254 valence electrons. The molecule has 2 atom stereocenters. The molecule has 1 aliphatic carbocycles. The molecule has 0 saturated heterocycles. The number of nitrogens with one attached hydrogen (secondary N) is 1. The predicted octanol–water partition coefficient (Wildman–Crippen LogP) is 5.73. The first kappa shape index (κ1) is 32.6. The summed E-state index contributed by atoms with van der Waals surface area (Å²) >= 11 is 0. The van der Waals surface area contributed by atoms with E-state index in [-0.39, 0.29) is 18.0 Å². The number of aromatic nitrogens is 8. The van der Waals surface area contributed by atoms with Gasteiger partial charge in [-0.05, 0) is 66.6 Å². The van der Waals surface area contributed by atoms with Crippen molar-refractivity contribution >= 4 is 11.9 Å². The van der Waals surface area contributed by atoms with Crippen LogP contribution in [-0.2, 0) is 28.7 Å². The van der Waals surface area contributed by atoms with Crippen LogP contribution in [0.15, 0.2) is 103 Å². The van der Waals surface area contributed by atoms with Gasteiger partial charge in [0.15, 0.2) is 5.54 Å². The maximum absolute atomic E-state index is 12.1. The van der Waals surface area contributed by atoms with Gasteiger partial charge in [0.2, 0.25) is 0 Å². The minimum absolute atomic E-state index is 0.0687. The quantitative estimate of drug-likeness (QED) is 0.135. The number of ether oxygens (including phenoxy) is 2. The molecule has 0 spiro atoms. The van der Waals surface area contributed by atoms with Gasteiger partial charge in [-0.3, -0.25) is 4.79 Å². The molecule has 1 saturated carbocycles. The Balaban J connectivity index is 1.14. The van der Waals surface area contributed by atoms with Gasteiger partial charge in [0.25, 0.3) is 5.95 Å². The van der Waals surface area contributed by atoms with E-state index < -0.39 is 5.54 Å². The van der Waals surface area contributed by atoms with Gasteiger partial charge in [0.05, 0.1) is 42.8 Å². The van der Waals surface area contributed by atoms with Gasteiger partial charge in [0.1, 0.15) is 11.4 Å². The van der Waals surface area contributed by atoms with E-state index in [2.05, 4.69) is 62.3 Å². The standard InChI is InChI=1S/C38H39N9O3/c1-26-34(50-31-21-13-14-27(24-31)36(48)49-3)23-22-32(40-26)35-33(46(2)44-41-35)25-39-37-42-45-47(43-37)38(28-15-7-4-8-16-28,29-17-9-5-10-18-29)30-19-11-6-12-20-30/h4-12,15-20,22-23,27,31H,13-14,21,24-25H2,1-3H3,(H,39,43)/t27-,31-/m0/s1. The van der Waals surface area contributed by atoms with Crippen molar-refractivity contribution < 1.29 is 14.3 Å². The van der Waals surface area contributed by atoms with Crippen molar-refractivity contribution in [3.8, 4) is 17.1 Å². The lowest BCUT2D eigenvalue weighted by atomic mass is 9.77. The first-order chi connectivity index (χ1) is 24.5. The van der Waals surface area contributed by atoms with Crippen LogP contribution in [0.2, 0.25) is 0 Å². The van der Waals surface area contributed by atoms with E-state index >= 15 is 0 Å². The average Bonchev–Trinajstić information content (AvgIpc) is 3.79. The second-order valence-electron chi connectivity index (χ2n) is 12.5. The van der Waals surface area contributed by atoms with Crippen LogP contribution in [0.5, 0.6) is 5.75 Å². The van der Waals surface area contributed by atoms with E-state index in [0.717, 1.165) is 47.3 Å². The molecule has 3 aromatic carbocycles. The molecule has 1 fully saturated rings. The summed E-state index contributed by atoms with van der Waals surface area (Å²) in [6, 6.07) is 34.5. The van der Waals surface area contributed by atoms with E-state index in [1.54, 1.807) is 9.48 Å². The number of anilines is 1.